The number of nitrogens with zero attached hydrogens (tertiary/aromatic N) is 4. The number of fused-ring (bicyclic) bond motifs is 1. The normalized spacial score (nSPS) is 15.8. The second kappa shape index (κ2) is 10.1. The molecular weight excluding hydrogens is 409 g/mol. The van der Waals surface area contributed by atoms with Crippen molar-refractivity contribution in [2.24, 2.45) is 0 Å². The summed E-state index contributed by atoms with van der Waals surface area (Å²) in [4.78, 5) is 20.3. The third-order valence-corrected chi connectivity index (χ3v) is 5.29. The number of benzene rings is 1. The van der Waals surface area contributed by atoms with Crippen molar-refractivity contribution in [3.05, 3.63) is 48.2 Å². The van der Waals surface area contributed by atoms with Crippen LogP contribution in [0.15, 0.2) is 42.6 Å². The van der Waals surface area contributed by atoms with Crippen molar-refractivity contribution in [2.75, 3.05) is 20.1 Å². The van der Waals surface area contributed by atoms with Crippen molar-refractivity contribution in [1.82, 2.24) is 25.0 Å². The number of hydrogen-bond acceptors (Lipinski definition) is 4. The number of nitrogens with one attached hydrogen (secondary N) is 1. The highest BCUT2D eigenvalue weighted by Gasteiger charge is 2.30. The lowest BCUT2D eigenvalue weighted by atomic mass is 10.1. The SMILES string of the molecule is CCn1ncc2c(C(=O)N3CCCC3CNC)cc(-c3ccccc3)nc21.Cl.Cl. The molecular formula is C21H27Cl2N5O. The molecule has 0 spiro atoms. The summed E-state index contributed by atoms with van der Waals surface area (Å²) in [5.74, 6) is 0.0768. The maximum Gasteiger partial charge on any atom is 0.255 e. The number of carbonyl (C=O) groups is 1. The maximum atomic E-state index is 13.5. The van der Waals surface area contributed by atoms with Gasteiger partial charge in [-0.2, -0.15) is 5.10 Å². The Morgan fingerprint density at radius 3 is 2.69 bits per heavy atom. The number of hydrogen-bond donors (Lipinski definition) is 1. The molecule has 8 heteroatoms. The predicted molar refractivity (Wildman–Crippen MR) is 121 cm³/mol. The minimum absolute atomic E-state index is 0. The molecule has 1 amide bonds. The van der Waals surface area contributed by atoms with Crippen LogP contribution in [0.5, 0.6) is 0 Å². The van der Waals surface area contributed by atoms with Gasteiger partial charge in [0.2, 0.25) is 0 Å². The van der Waals surface area contributed by atoms with Gasteiger partial charge in [-0.25, -0.2) is 9.67 Å². The van der Waals surface area contributed by atoms with Gasteiger partial charge in [0.1, 0.15) is 0 Å². The number of likely N-dealkylation sites (tertiary alicyclic amines) is 1. The summed E-state index contributed by atoms with van der Waals surface area (Å²) >= 11 is 0. The van der Waals surface area contributed by atoms with E-state index >= 15 is 0 Å². The van der Waals surface area contributed by atoms with Crippen molar-refractivity contribution < 1.29 is 4.79 Å². The topological polar surface area (TPSA) is 63.1 Å². The second-order valence-corrected chi connectivity index (χ2v) is 6.97. The first-order chi connectivity index (χ1) is 13.2. The molecule has 2 aromatic heterocycles. The summed E-state index contributed by atoms with van der Waals surface area (Å²) in [5, 5.41) is 8.49. The molecule has 3 aromatic rings. The molecule has 1 N–H and O–H groups in total. The van der Waals surface area contributed by atoms with Crippen molar-refractivity contribution in [2.45, 2.75) is 32.4 Å². The van der Waals surface area contributed by atoms with Crippen LogP contribution >= 0.6 is 24.8 Å². The summed E-state index contributed by atoms with van der Waals surface area (Å²) in [7, 11) is 1.93. The van der Waals surface area contributed by atoms with Gasteiger partial charge in [-0.3, -0.25) is 4.79 Å². The van der Waals surface area contributed by atoms with Crippen molar-refractivity contribution >= 4 is 41.8 Å². The van der Waals surface area contributed by atoms with E-state index in [0.717, 1.165) is 48.2 Å². The molecule has 29 heavy (non-hydrogen) atoms. The highest BCUT2D eigenvalue weighted by atomic mass is 35.5. The zero-order chi connectivity index (χ0) is 18.8. The van der Waals surface area contributed by atoms with Crippen LogP contribution in [-0.2, 0) is 6.54 Å². The molecule has 0 bridgehead atoms. The summed E-state index contributed by atoms with van der Waals surface area (Å²) in [5.41, 5.74) is 3.28. The van der Waals surface area contributed by atoms with E-state index in [4.69, 9.17) is 4.98 Å². The fourth-order valence-electron chi connectivity index (χ4n) is 3.92. The molecule has 1 unspecified atom stereocenters. The average Bonchev–Trinajstić information content (AvgIpc) is 3.34. The smallest absolute Gasteiger partial charge is 0.255 e. The standard InChI is InChI=1S/C21H25N5O.2ClH/c1-3-26-20-18(14-23-26)17(12-19(24-20)15-8-5-4-6-9-15)21(27)25-11-7-10-16(25)13-22-2;;/h4-6,8-9,12,14,16,22H,3,7,10-11,13H2,1-2H3;2*1H. The van der Waals surface area contributed by atoms with Crippen LogP contribution in [0.3, 0.4) is 0 Å². The van der Waals surface area contributed by atoms with E-state index in [1.54, 1.807) is 6.20 Å². The molecule has 1 aromatic carbocycles. The van der Waals surface area contributed by atoms with Gasteiger partial charge in [-0.15, -0.1) is 24.8 Å². The summed E-state index contributed by atoms with van der Waals surface area (Å²) in [6, 6.07) is 12.2. The molecule has 4 rings (SSSR count). The van der Waals surface area contributed by atoms with Gasteiger partial charge in [0.15, 0.2) is 5.65 Å². The maximum absolute atomic E-state index is 13.5. The number of likely N-dealkylation sites (N-methyl/N-ethyl adjacent to an activating group) is 1. The molecule has 1 fully saturated rings. The van der Waals surface area contributed by atoms with E-state index in [9.17, 15) is 4.79 Å². The molecule has 1 aliphatic rings. The molecule has 6 nitrogen and oxygen atoms in total. The van der Waals surface area contributed by atoms with E-state index in [2.05, 4.69) is 10.4 Å². The number of pyridine rings is 1. The number of amides is 1. The number of carbonyl (C=O) groups excluding carboxylic acids is 1. The van der Waals surface area contributed by atoms with Crippen LogP contribution in [0.2, 0.25) is 0 Å². The van der Waals surface area contributed by atoms with E-state index in [0.29, 0.717) is 12.1 Å². The fraction of sp³-hybridized carbons (Fsp3) is 0.381. The highest BCUT2D eigenvalue weighted by molar-refractivity contribution is 6.06. The Kier molecular flexibility index (Phi) is 8.02. The quantitative estimate of drug-likeness (QED) is 0.661. The Bertz CT molecular complexity index is 960. The number of aromatic nitrogens is 3. The monoisotopic (exact) mass is 435 g/mol. The van der Waals surface area contributed by atoms with E-state index in [-0.39, 0.29) is 36.8 Å². The largest absolute Gasteiger partial charge is 0.334 e. The van der Waals surface area contributed by atoms with Crippen LogP contribution in [0.1, 0.15) is 30.1 Å². The van der Waals surface area contributed by atoms with Crippen molar-refractivity contribution in [3.8, 4) is 11.3 Å². The predicted octanol–water partition coefficient (Wildman–Crippen LogP) is 3.79. The third-order valence-electron chi connectivity index (χ3n) is 5.29. The molecule has 1 aliphatic heterocycles. The average molecular weight is 436 g/mol. The molecule has 0 saturated carbocycles. The number of rotatable bonds is 5. The second-order valence-electron chi connectivity index (χ2n) is 6.97. The van der Waals surface area contributed by atoms with Crippen LogP contribution in [-0.4, -0.2) is 51.8 Å². The minimum Gasteiger partial charge on any atom is -0.334 e. The minimum atomic E-state index is 0. The van der Waals surface area contributed by atoms with Crippen molar-refractivity contribution in [3.63, 3.8) is 0 Å². The number of aryl methyl sites for hydroxylation is 1. The molecule has 3 heterocycles. The fourth-order valence-corrected chi connectivity index (χ4v) is 3.92. The lowest BCUT2D eigenvalue weighted by molar-refractivity contribution is 0.0739. The van der Waals surface area contributed by atoms with E-state index < -0.39 is 0 Å². The lowest BCUT2D eigenvalue weighted by Gasteiger charge is -2.25. The molecule has 0 radical (unpaired) electrons. The Morgan fingerprint density at radius 1 is 1.24 bits per heavy atom. The van der Waals surface area contributed by atoms with Gasteiger partial charge < -0.3 is 10.2 Å². The zero-order valence-electron chi connectivity index (χ0n) is 16.7. The van der Waals surface area contributed by atoms with Crippen molar-refractivity contribution in [1.29, 1.82) is 0 Å². The third kappa shape index (κ3) is 4.39. The molecule has 1 saturated heterocycles. The first kappa shape index (κ1) is 23.1. The van der Waals surface area contributed by atoms with Crippen LogP contribution in [0.25, 0.3) is 22.3 Å². The zero-order valence-corrected chi connectivity index (χ0v) is 18.3. The van der Waals surface area contributed by atoms with Gasteiger partial charge >= 0.3 is 0 Å². The van der Waals surface area contributed by atoms with E-state index in [1.165, 1.54) is 0 Å². The van der Waals surface area contributed by atoms with Gasteiger partial charge in [0, 0.05) is 31.2 Å². The highest BCUT2D eigenvalue weighted by Crippen LogP contribution is 2.28. The van der Waals surface area contributed by atoms with Crippen LogP contribution in [0, 0.1) is 0 Å². The van der Waals surface area contributed by atoms with Gasteiger partial charge in [-0.05, 0) is 32.9 Å². The summed E-state index contributed by atoms with van der Waals surface area (Å²) < 4.78 is 1.85. The Labute approximate surface area is 183 Å². The first-order valence-electron chi connectivity index (χ1n) is 9.60. The van der Waals surface area contributed by atoms with Crippen LogP contribution < -0.4 is 5.32 Å². The van der Waals surface area contributed by atoms with Gasteiger partial charge in [-0.1, -0.05) is 30.3 Å². The Balaban J connectivity index is 0.00000150. The Morgan fingerprint density at radius 2 is 2.00 bits per heavy atom. The van der Waals surface area contributed by atoms with Gasteiger partial charge in [0.25, 0.3) is 5.91 Å². The Hall–Kier alpha value is -2.15. The molecule has 156 valence electrons. The summed E-state index contributed by atoms with van der Waals surface area (Å²) in [6.07, 6.45) is 3.86. The van der Waals surface area contributed by atoms with Crippen LogP contribution in [0.4, 0.5) is 0 Å². The van der Waals surface area contributed by atoms with E-state index in [1.807, 2.05) is 60.0 Å². The first-order valence-corrected chi connectivity index (χ1v) is 9.60. The van der Waals surface area contributed by atoms with Gasteiger partial charge in [0.05, 0.1) is 22.8 Å². The number of halogens is 2. The lowest BCUT2D eigenvalue weighted by Crippen LogP contribution is -2.40. The summed E-state index contributed by atoms with van der Waals surface area (Å²) in [6.45, 7) is 4.38. The molecule has 1 atom stereocenters. The molecule has 0 aliphatic carbocycles.